The van der Waals surface area contributed by atoms with Crippen LogP contribution in [0.1, 0.15) is 24.0 Å². The van der Waals surface area contributed by atoms with Gasteiger partial charge in [0.1, 0.15) is 11.8 Å². The Morgan fingerprint density at radius 2 is 1.63 bits per heavy atom. The molecule has 0 spiro atoms. The highest BCUT2D eigenvalue weighted by Crippen LogP contribution is 2.24. The molecule has 0 saturated heterocycles. The van der Waals surface area contributed by atoms with E-state index >= 15 is 0 Å². The third-order valence-corrected chi connectivity index (χ3v) is 6.33. The molecular formula is C27H27Cl3N2O3. The summed E-state index contributed by atoms with van der Waals surface area (Å²) in [4.78, 5) is 28.0. The molecule has 0 aliphatic rings. The van der Waals surface area contributed by atoms with Crippen LogP contribution in [0, 0.1) is 0 Å². The second kappa shape index (κ2) is 13.4. The van der Waals surface area contributed by atoms with Crippen molar-refractivity contribution in [1.29, 1.82) is 0 Å². The van der Waals surface area contributed by atoms with Gasteiger partial charge in [-0.1, -0.05) is 71.2 Å². The molecule has 0 aromatic heterocycles. The number of carbonyl (C=O) groups excluding carboxylic acids is 2. The molecule has 2 amide bonds. The Morgan fingerprint density at radius 1 is 0.943 bits per heavy atom. The van der Waals surface area contributed by atoms with E-state index in [1.165, 1.54) is 0 Å². The van der Waals surface area contributed by atoms with Crippen molar-refractivity contribution in [2.75, 3.05) is 13.7 Å². The van der Waals surface area contributed by atoms with Crippen molar-refractivity contribution in [3.05, 3.63) is 99.0 Å². The van der Waals surface area contributed by atoms with Crippen LogP contribution in [-0.4, -0.2) is 36.4 Å². The van der Waals surface area contributed by atoms with Gasteiger partial charge in [0.05, 0.1) is 6.61 Å². The van der Waals surface area contributed by atoms with Crippen molar-refractivity contribution >= 4 is 46.6 Å². The summed E-state index contributed by atoms with van der Waals surface area (Å²) in [7, 11) is 1.57. The van der Waals surface area contributed by atoms with E-state index in [0.29, 0.717) is 45.8 Å². The summed E-state index contributed by atoms with van der Waals surface area (Å²) in [6.45, 7) is 0.532. The van der Waals surface area contributed by atoms with Gasteiger partial charge >= 0.3 is 0 Å². The highest BCUT2D eigenvalue weighted by molar-refractivity contribution is 6.35. The topological polar surface area (TPSA) is 58.6 Å². The minimum absolute atomic E-state index is 0.166. The van der Waals surface area contributed by atoms with Crippen LogP contribution in [0.25, 0.3) is 0 Å². The van der Waals surface area contributed by atoms with E-state index < -0.39 is 6.04 Å². The van der Waals surface area contributed by atoms with E-state index in [2.05, 4.69) is 5.32 Å². The number of hydrogen-bond donors (Lipinski definition) is 1. The Morgan fingerprint density at radius 3 is 2.29 bits per heavy atom. The number of hydrogen-bond acceptors (Lipinski definition) is 3. The molecule has 8 heteroatoms. The zero-order valence-electron chi connectivity index (χ0n) is 19.3. The van der Waals surface area contributed by atoms with Crippen LogP contribution in [0.4, 0.5) is 0 Å². The van der Waals surface area contributed by atoms with Crippen LogP contribution < -0.4 is 10.1 Å². The molecule has 0 bridgehead atoms. The molecule has 0 unspecified atom stereocenters. The first-order valence-electron chi connectivity index (χ1n) is 11.2. The van der Waals surface area contributed by atoms with Crippen LogP contribution in [-0.2, 0) is 22.6 Å². The van der Waals surface area contributed by atoms with E-state index in [4.69, 9.17) is 39.5 Å². The minimum atomic E-state index is -0.709. The molecule has 0 fully saturated rings. The lowest BCUT2D eigenvalue weighted by Gasteiger charge is -2.31. The Bertz CT molecular complexity index is 1120. The number of likely N-dealkylation sites (N-methyl/N-ethyl adjacent to an activating group) is 1. The molecule has 1 N–H and O–H groups in total. The first-order valence-corrected chi connectivity index (χ1v) is 12.4. The van der Waals surface area contributed by atoms with Gasteiger partial charge in [-0.05, 0) is 53.9 Å². The summed E-state index contributed by atoms with van der Waals surface area (Å²) in [5.74, 6) is 0.268. The van der Waals surface area contributed by atoms with Crippen LogP contribution in [0.3, 0.4) is 0 Å². The lowest BCUT2D eigenvalue weighted by Crippen LogP contribution is -2.49. The van der Waals surface area contributed by atoms with Crippen LogP contribution in [0.5, 0.6) is 5.75 Å². The van der Waals surface area contributed by atoms with E-state index in [9.17, 15) is 9.59 Å². The first kappa shape index (κ1) is 26.9. The fourth-order valence-corrected chi connectivity index (χ4v) is 4.24. The molecule has 0 heterocycles. The van der Waals surface area contributed by atoms with Crippen molar-refractivity contribution in [3.63, 3.8) is 0 Å². The molecule has 0 radical (unpaired) electrons. The van der Waals surface area contributed by atoms with Crippen molar-refractivity contribution in [2.24, 2.45) is 0 Å². The maximum Gasteiger partial charge on any atom is 0.242 e. The maximum absolute atomic E-state index is 13.4. The van der Waals surface area contributed by atoms with Crippen molar-refractivity contribution in [3.8, 4) is 5.75 Å². The van der Waals surface area contributed by atoms with Gasteiger partial charge in [0.15, 0.2) is 0 Å². The predicted molar refractivity (Wildman–Crippen MR) is 141 cm³/mol. The summed E-state index contributed by atoms with van der Waals surface area (Å²) in [5, 5.41) is 4.27. The van der Waals surface area contributed by atoms with Gasteiger partial charge in [0, 0.05) is 41.5 Å². The number of carbonyl (C=O) groups is 2. The number of halogens is 3. The van der Waals surface area contributed by atoms with Gasteiger partial charge in [-0.2, -0.15) is 0 Å². The van der Waals surface area contributed by atoms with Crippen LogP contribution in [0.2, 0.25) is 15.1 Å². The predicted octanol–water partition coefficient (Wildman–Crippen LogP) is 6.19. The van der Waals surface area contributed by atoms with E-state index in [0.717, 1.165) is 5.56 Å². The second-order valence-electron chi connectivity index (χ2n) is 7.98. The van der Waals surface area contributed by atoms with E-state index in [-0.39, 0.29) is 24.8 Å². The average Bonchev–Trinajstić information content (AvgIpc) is 2.86. The molecule has 0 aliphatic carbocycles. The number of amides is 2. The SMILES string of the molecule is CNC(=O)[C@@H](Cc1ccccc1)N(Cc1ccc(Cl)cc1Cl)C(=O)CCCOc1ccc(Cl)cc1. The van der Waals surface area contributed by atoms with Crippen molar-refractivity contribution in [2.45, 2.75) is 31.8 Å². The van der Waals surface area contributed by atoms with Gasteiger partial charge in [-0.3, -0.25) is 9.59 Å². The van der Waals surface area contributed by atoms with Gasteiger partial charge in [-0.25, -0.2) is 0 Å². The maximum atomic E-state index is 13.4. The summed E-state index contributed by atoms with van der Waals surface area (Å²) in [6.07, 6.45) is 1.07. The number of ether oxygens (including phenoxy) is 1. The standard InChI is InChI=1S/C27H27Cl3N2O3/c1-31-27(34)25(16-19-6-3-2-4-7-19)32(18-20-9-10-22(29)17-24(20)30)26(33)8-5-15-35-23-13-11-21(28)12-14-23/h2-4,6-7,9-14,17,25H,5,8,15-16,18H2,1H3,(H,31,34)/t25-/m1/s1. The molecule has 3 rings (SSSR count). The van der Waals surface area contributed by atoms with Gasteiger partial charge in [-0.15, -0.1) is 0 Å². The summed E-state index contributed by atoms with van der Waals surface area (Å²) in [6, 6.07) is 21.1. The second-order valence-corrected chi connectivity index (χ2v) is 9.26. The zero-order valence-corrected chi connectivity index (χ0v) is 21.6. The lowest BCUT2D eigenvalue weighted by molar-refractivity contribution is -0.141. The lowest BCUT2D eigenvalue weighted by atomic mass is 10.0. The molecule has 5 nitrogen and oxygen atoms in total. The largest absolute Gasteiger partial charge is 0.494 e. The summed E-state index contributed by atoms with van der Waals surface area (Å²) >= 11 is 18.4. The molecule has 35 heavy (non-hydrogen) atoms. The molecule has 3 aromatic carbocycles. The Labute approximate surface area is 220 Å². The van der Waals surface area contributed by atoms with Crippen LogP contribution >= 0.6 is 34.8 Å². The summed E-state index contributed by atoms with van der Waals surface area (Å²) in [5.41, 5.74) is 1.66. The Hall–Kier alpha value is -2.73. The molecule has 0 saturated carbocycles. The third kappa shape index (κ3) is 8.17. The van der Waals surface area contributed by atoms with E-state index in [1.807, 2.05) is 30.3 Å². The number of rotatable bonds is 11. The van der Waals surface area contributed by atoms with Crippen molar-refractivity contribution < 1.29 is 14.3 Å². The average molecular weight is 534 g/mol. The molecule has 3 aromatic rings. The highest BCUT2D eigenvalue weighted by Gasteiger charge is 2.30. The molecule has 184 valence electrons. The van der Waals surface area contributed by atoms with Crippen molar-refractivity contribution in [1.82, 2.24) is 10.2 Å². The zero-order chi connectivity index (χ0) is 25.2. The smallest absolute Gasteiger partial charge is 0.242 e. The van der Waals surface area contributed by atoms with E-state index in [1.54, 1.807) is 54.4 Å². The minimum Gasteiger partial charge on any atom is -0.494 e. The fourth-order valence-electron chi connectivity index (χ4n) is 3.64. The van der Waals surface area contributed by atoms with Gasteiger partial charge in [0.25, 0.3) is 0 Å². The first-order chi connectivity index (χ1) is 16.9. The number of nitrogens with one attached hydrogen (secondary N) is 1. The monoisotopic (exact) mass is 532 g/mol. The highest BCUT2D eigenvalue weighted by atomic mass is 35.5. The molecule has 0 aliphatic heterocycles. The quantitative estimate of drug-likeness (QED) is 0.299. The molecule has 1 atom stereocenters. The van der Waals surface area contributed by atoms with Crippen LogP contribution in [0.15, 0.2) is 72.8 Å². The Kier molecular flexibility index (Phi) is 10.3. The third-order valence-electron chi connectivity index (χ3n) is 5.49. The number of nitrogens with zero attached hydrogens (tertiary/aromatic N) is 1. The normalized spacial score (nSPS) is 11.5. The molecular weight excluding hydrogens is 507 g/mol. The van der Waals surface area contributed by atoms with Gasteiger partial charge < -0.3 is 15.0 Å². The summed E-state index contributed by atoms with van der Waals surface area (Å²) < 4.78 is 5.72. The van der Waals surface area contributed by atoms with Gasteiger partial charge in [0.2, 0.25) is 11.8 Å². The number of benzene rings is 3. The fraction of sp³-hybridized carbons (Fsp3) is 0.259. The Balaban J connectivity index is 1.77.